The van der Waals surface area contributed by atoms with Crippen LogP contribution in [-0.4, -0.2) is 58.2 Å². The summed E-state index contributed by atoms with van der Waals surface area (Å²) in [6, 6.07) is 20.6. The van der Waals surface area contributed by atoms with Gasteiger partial charge in [0, 0.05) is 40.5 Å². The van der Waals surface area contributed by atoms with Crippen LogP contribution < -0.4 is 10.5 Å². The van der Waals surface area contributed by atoms with E-state index in [2.05, 4.69) is 24.7 Å². The quantitative estimate of drug-likeness (QED) is 0.167. The van der Waals surface area contributed by atoms with Crippen molar-refractivity contribution < 1.29 is 29.8 Å². The molecule has 3 atom stereocenters. The van der Waals surface area contributed by atoms with E-state index in [0.717, 1.165) is 12.5 Å². The number of hydrogen-bond acceptors (Lipinski definition) is 10. The van der Waals surface area contributed by atoms with Gasteiger partial charge >= 0.3 is 0 Å². The van der Waals surface area contributed by atoms with Crippen LogP contribution >= 0.6 is 0 Å². The average Bonchev–Trinajstić information content (AvgIpc) is 3.09. The summed E-state index contributed by atoms with van der Waals surface area (Å²) >= 11 is 0. The molecule has 0 aliphatic heterocycles. The van der Waals surface area contributed by atoms with Crippen LogP contribution in [0.3, 0.4) is 0 Å². The number of aromatic nitrogens is 4. The van der Waals surface area contributed by atoms with Gasteiger partial charge in [0.2, 0.25) is 0 Å². The van der Waals surface area contributed by atoms with Gasteiger partial charge in [0.25, 0.3) is 0 Å². The Morgan fingerprint density at radius 1 is 0.667 bits per heavy atom. The minimum Gasteiger partial charge on any atom is -0.323 e. The number of fused-ring (bicyclic) bond motifs is 2. The van der Waals surface area contributed by atoms with Crippen LogP contribution in [0.2, 0.25) is 0 Å². The van der Waals surface area contributed by atoms with Crippen molar-refractivity contribution in [1.82, 2.24) is 24.7 Å². The molecule has 4 aromatic heterocycles. The summed E-state index contributed by atoms with van der Waals surface area (Å²) in [5, 5.41) is 1.06. The Kier molecular flexibility index (Phi) is 11.7. The van der Waals surface area contributed by atoms with Crippen LogP contribution in [0, 0.1) is 11.6 Å². The first-order chi connectivity index (χ1) is 25.1. The van der Waals surface area contributed by atoms with Gasteiger partial charge < -0.3 is 5.73 Å². The molecule has 16 heteroatoms. The molecule has 0 radical (unpaired) electrons. The first kappa shape index (κ1) is 40.6. The van der Waals surface area contributed by atoms with Crippen LogP contribution in [0.4, 0.5) is 8.78 Å². The zero-order valence-electron chi connectivity index (χ0n) is 30.6. The van der Waals surface area contributed by atoms with E-state index in [0.29, 0.717) is 55.7 Å². The van der Waals surface area contributed by atoms with Gasteiger partial charge in [0.05, 0.1) is 55.6 Å². The maximum Gasteiger partial charge on any atom is 0.192 e. The lowest BCUT2D eigenvalue weighted by Gasteiger charge is -2.23. The van der Waals surface area contributed by atoms with Gasteiger partial charge in [-0.3, -0.25) is 9.97 Å². The molecule has 0 saturated carbocycles. The summed E-state index contributed by atoms with van der Waals surface area (Å²) in [7, 11) is -8.30. The van der Waals surface area contributed by atoms with Crippen molar-refractivity contribution in [2.75, 3.05) is 12.5 Å². The number of pyridine rings is 4. The molecular weight excluding hydrogens is 755 g/mol. The fourth-order valence-corrected chi connectivity index (χ4v) is 7.31. The second-order valence-electron chi connectivity index (χ2n) is 13.8. The minimum atomic E-state index is -3.51. The zero-order valence-corrected chi connectivity index (χ0v) is 33.1. The number of rotatable bonds is 8. The van der Waals surface area contributed by atoms with Crippen LogP contribution in [-0.2, 0) is 30.7 Å². The van der Waals surface area contributed by atoms with Crippen LogP contribution in [0.5, 0.6) is 0 Å². The monoisotopic (exact) mass is 794 g/mol. The van der Waals surface area contributed by atoms with Crippen molar-refractivity contribution in [3.8, 4) is 22.5 Å². The second kappa shape index (κ2) is 15.6. The molecule has 3 N–H and O–H groups in total. The summed E-state index contributed by atoms with van der Waals surface area (Å²) in [4.78, 5) is 17.7. The third-order valence-electron chi connectivity index (χ3n) is 8.05. The molecule has 4 heterocycles. The first-order valence-corrected chi connectivity index (χ1v) is 21.5. The third-order valence-corrected chi connectivity index (χ3v) is 11.7. The molecule has 0 bridgehead atoms. The zero-order chi connectivity index (χ0) is 39.7. The average molecular weight is 795 g/mol. The van der Waals surface area contributed by atoms with Gasteiger partial charge in [-0.2, -0.15) is 0 Å². The highest BCUT2D eigenvalue weighted by molar-refractivity contribution is 7.90. The minimum absolute atomic E-state index is 0.0324. The predicted octanol–water partition coefficient (Wildman–Crippen LogP) is 6.81. The molecule has 284 valence electrons. The molecule has 54 heavy (non-hydrogen) atoms. The van der Waals surface area contributed by atoms with E-state index in [4.69, 9.17) is 5.73 Å². The van der Waals surface area contributed by atoms with Gasteiger partial charge in [-0.15, -0.1) is 0 Å². The summed E-state index contributed by atoms with van der Waals surface area (Å²) < 4.78 is 89.9. The molecule has 6 aromatic rings. The fraction of sp³-hybridized carbons (Fsp3) is 0.263. The van der Waals surface area contributed by atoms with Crippen LogP contribution in [0.1, 0.15) is 58.1 Å². The highest BCUT2D eigenvalue weighted by Crippen LogP contribution is 2.32. The van der Waals surface area contributed by atoms with E-state index in [9.17, 15) is 29.8 Å². The SMILES string of the molecule is C[C@H](N)c1nc2ccc(F)cc2cc1-c1cccc(S(C)(=O)=O)n1.C[C@H](N[S@](=O)C(C)(C)C)c1nc2ccc(F)cc2cc1-c1cccc(S(C)(=O)=O)n1. The Hall–Kier alpha value is -4.61. The van der Waals surface area contributed by atoms with Crippen molar-refractivity contribution in [2.45, 2.75) is 61.5 Å². The summed E-state index contributed by atoms with van der Waals surface area (Å²) in [6.07, 6.45) is 2.18. The van der Waals surface area contributed by atoms with E-state index >= 15 is 0 Å². The van der Waals surface area contributed by atoms with E-state index in [-0.39, 0.29) is 15.9 Å². The number of nitrogens with two attached hydrogens (primary N) is 1. The molecule has 0 aliphatic carbocycles. The molecule has 0 saturated heterocycles. The van der Waals surface area contributed by atoms with Crippen molar-refractivity contribution >= 4 is 52.5 Å². The Balaban J connectivity index is 0.000000213. The largest absolute Gasteiger partial charge is 0.323 e. The van der Waals surface area contributed by atoms with Crippen molar-refractivity contribution in [3.05, 3.63) is 108 Å². The highest BCUT2D eigenvalue weighted by atomic mass is 32.2. The summed E-state index contributed by atoms with van der Waals surface area (Å²) in [5.74, 6) is -0.775. The first-order valence-electron chi connectivity index (χ1n) is 16.6. The van der Waals surface area contributed by atoms with Gasteiger partial charge in [0.15, 0.2) is 29.7 Å². The lowest BCUT2D eigenvalue weighted by atomic mass is 10.0. The molecule has 0 fully saturated rings. The number of nitrogens with one attached hydrogen (secondary N) is 1. The van der Waals surface area contributed by atoms with Crippen molar-refractivity contribution in [3.63, 3.8) is 0 Å². The maximum atomic E-state index is 13.8. The molecule has 11 nitrogen and oxygen atoms in total. The Bertz CT molecular complexity index is 2630. The van der Waals surface area contributed by atoms with Gasteiger partial charge in [0.1, 0.15) is 11.6 Å². The number of benzene rings is 2. The second-order valence-corrected chi connectivity index (χ2v) is 19.7. The number of halogens is 2. The summed E-state index contributed by atoms with van der Waals surface area (Å²) in [5.41, 5.74) is 10.3. The van der Waals surface area contributed by atoms with E-state index in [1.807, 2.05) is 27.7 Å². The molecule has 2 aromatic carbocycles. The Morgan fingerprint density at radius 2 is 1.09 bits per heavy atom. The standard InChI is InChI=1S/C21H24FN3O3S2.C17H16FN3O2S/c1-13(25-29(26)21(2,3)4)20-16(12-14-11-15(22)9-10-17(14)24-20)18-7-6-8-19(23-18)30(5,27)28;1-10(19)17-13(9-11-8-12(18)6-7-14(11)21-17)15-4-3-5-16(20-15)24(2,22)23/h6-13,25H,1-5H3;3-10H,19H2,1-2H3/t13-,29+;10-/m00/s1. The number of hydrogen-bond donors (Lipinski definition) is 2. The topological polar surface area (TPSA) is 175 Å². The smallest absolute Gasteiger partial charge is 0.192 e. The normalized spacial score (nSPS) is 14.0. The highest BCUT2D eigenvalue weighted by Gasteiger charge is 2.25. The lowest BCUT2D eigenvalue weighted by Crippen LogP contribution is -2.35. The summed E-state index contributed by atoms with van der Waals surface area (Å²) in [6.45, 7) is 9.18. The molecular formula is C38H40F2N6O5S3. The molecule has 0 amide bonds. The van der Waals surface area contributed by atoms with E-state index in [1.165, 1.54) is 36.4 Å². The lowest BCUT2D eigenvalue weighted by molar-refractivity contribution is 0.596. The predicted molar refractivity (Wildman–Crippen MR) is 208 cm³/mol. The molecule has 6 rings (SSSR count). The molecule has 0 spiro atoms. The number of sulfone groups is 2. The molecule has 0 aliphatic rings. The van der Waals surface area contributed by atoms with Gasteiger partial charge in [-0.1, -0.05) is 12.1 Å². The van der Waals surface area contributed by atoms with Crippen molar-refractivity contribution in [2.24, 2.45) is 5.73 Å². The van der Waals surface area contributed by atoms with Gasteiger partial charge in [-0.25, -0.2) is 44.5 Å². The maximum absolute atomic E-state index is 13.8. The van der Waals surface area contributed by atoms with Crippen LogP contribution in [0.15, 0.2) is 95.0 Å². The Labute approximate surface area is 315 Å². The number of nitrogens with zero attached hydrogens (tertiary/aromatic N) is 4. The van der Waals surface area contributed by atoms with E-state index < -0.39 is 53.3 Å². The Morgan fingerprint density at radius 3 is 1.50 bits per heavy atom. The van der Waals surface area contributed by atoms with Crippen molar-refractivity contribution in [1.29, 1.82) is 0 Å². The van der Waals surface area contributed by atoms with Gasteiger partial charge in [-0.05, 0) is 107 Å². The fourth-order valence-electron chi connectivity index (χ4n) is 5.35. The van der Waals surface area contributed by atoms with Crippen LogP contribution in [0.25, 0.3) is 44.3 Å². The molecule has 0 unspecified atom stereocenters. The van der Waals surface area contributed by atoms with E-state index in [1.54, 1.807) is 55.5 Å². The third kappa shape index (κ3) is 9.54.